The normalized spacial score (nSPS) is 18.3. The van der Waals surface area contributed by atoms with Crippen molar-refractivity contribution in [3.63, 3.8) is 0 Å². The zero-order chi connectivity index (χ0) is 27.6. The summed E-state index contributed by atoms with van der Waals surface area (Å²) in [5.41, 5.74) is 9.34. The molecule has 2 nitrogen and oxygen atoms in total. The van der Waals surface area contributed by atoms with Crippen LogP contribution in [0.1, 0.15) is 69.2 Å². The first-order valence-electron chi connectivity index (χ1n) is 13.3. The fourth-order valence-electron chi connectivity index (χ4n) is 6.46. The summed E-state index contributed by atoms with van der Waals surface area (Å²) in [4.78, 5) is 0. The maximum Gasteiger partial charge on any atom is -1.00 e. The maximum absolute atomic E-state index is 4.17. The molecule has 0 amide bonds. The Kier molecular flexibility index (Phi) is 14.6. The molecule has 0 aromatic rings. The molecule has 0 aromatic carbocycles. The van der Waals surface area contributed by atoms with Crippen LogP contribution in [0.5, 0.6) is 0 Å². The first kappa shape index (κ1) is 37.4. The molecule has 0 aliphatic heterocycles. The third kappa shape index (κ3) is 6.62. The van der Waals surface area contributed by atoms with Gasteiger partial charge in [-0.1, -0.05) is 0 Å². The summed E-state index contributed by atoms with van der Waals surface area (Å²) in [6.07, 6.45) is 8.35. The smallest absolute Gasteiger partial charge is 1.00 e. The van der Waals surface area contributed by atoms with Gasteiger partial charge in [0.15, 0.2) is 0 Å². The predicted octanol–water partition coefficient (Wildman–Crippen LogP) is 1.98. The van der Waals surface area contributed by atoms with E-state index in [4.69, 9.17) is 0 Å². The van der Waals surface area contributed by atoms with E-state index in [9.17, 15) is 0 Å². The van der Waals surface area contributed by atoms with Crippen LogP contribution in [0.4, 0.5) is 0 Å². The van der Waals surface area contributed by atoms with Crippen LogP contribution in [0.25, 0.3) is 0 Å². The molecular weight excluding hydrogens is 559 g/mol. The van der Waals surface area contributed by atoms with Gasteiger partial charge < -0.3 is 24.8 Å². The van der Waals surface area contributed by atoms with E-state index in [0.717, 1.165) is 26.2 Å². The van der Waals surface area contributed by atoms with Crippen LogP contribution in [-0.2, 0) is 17.1 Å². The van der Waals surface area contributed by atoms with E-state index < -0.39 is 24.1 Å². The molecule has 211 valence electrons. The minimum absolute atomic E-state index is 0. The van der Waals surface area contributed by atoms with Crippen molar-refractivity contribution in [3.05, 3.63) is 91.8 Å². The van der Waals surface area contributed by atoms with Gasteiger partial charge in [-0.3, -0.25) is 0 Å². The molecule has 0 N–H and O–H groups in total. The minimum atomic E-state index is -2.15. The van der Waals surface area contributed by atoms with Crippen LogP contribution in [0.3, 0.4) is 0 Å². The number of hydrogen-bond acceptors (Lipinski definition) is 2. The molecule has 0 unspecified atom stereocenters. The second-order valence-electron chi connectivity index (χ2n) is 11.6. The van der Waals surface area contributed by atoms with E-state index in [1.165, 1.54) is 11.1 Å². The molecule has 0 saturated carbocycles. The number of nitrogens with zero attached hydrogens (tertiary/aromatic N) is 2. The van der Waals surface area contributed by atoms with Gasteiger partial charge in [0.2, 0.25) is 0 Å². The number of allylic oxidation sites excluding steroid dienone is 8. The van der Waals surface area contributed by atoms with Crippen molar-refractivity contribution in [3.8, 4) is 0 Å². The summed E-state index contributed by atoms with van der Waals surface area (Å²) in [5, 5.41) is 0. The molecule has 0 atom stereocenters. The van der Waals surface area contributed by atoms with E-state index in [0.29, 0.717) is 0 Å². The van der Waals surface area contributed by atoms with Gasteiger partial charge in [-0.15, -0.1) is 0 Å². The van der Waals surface area contributed by atoms with Gasteiger partial charge in [0.1, 0.15) is 0 Å². The van der Waals surface area contributed by atoms with Crippen molar-refractivity contribution < 1.29 is 41.9 Å². The zero-order valence-corrected chi connectivity index (χ0v) is 29.9. The van der Waals surface area contributed by atoms with E-state index in [-0.39, 0.29) is 35.6 Å². The summed E-state index contributed by atoms with van der Waals surface area (Å²) >= 11 is -2.15. The van der Waals surface area contributed by atoms with Crippen molar-refractivity contribution in [2.75, 3.05) is 26.2 Å². The summed E-state index contributed by atoms with van der Waals surface area (Å²) in [7, 11) is 0. The largest absolute Gasteiger partial charge is 1.00 e. The molecule has 0 saturated heterocycles. The van der Waals surface area contributed by atoms with Crippen molar-refractivity contribution >= 4 is 6.99 Å². The molecular formula is C32H51Cl2N2SiTi. The predicted molar refractivity (Wildman–Crippen MR) is 161 cm³/mol. The van der Waals surface area contributed by atoms with Crippen LogP contribution >= 0.6 is 0 Å². The molecule has 0 radical (unpaired) electrons. The first-order chi connectivity index (χ1) is 16.7. The van der Waals surface area contributed by atoms with Crippen molar-refractivity contribution in [1.29, 1.82) is 0 Å². The molecule has 0 aromatic heterocycles. The van der Waals surface area contributed by atoms with Gasteiger partial charge in [-0.25, -0.2) is 0 Å². The molecule has 0 heterocycles. The third-order valence-corrected chi connectivity index (χ3v) is 24.8. The van der Waals surface area contributed by atoms with Crippen LogP contribution in [-0.4, -0.2) is 42.3 Å². The minimum Gasteiger partial charge on any atom is -1.00 e. The van der Waals surface area contributed by atoms with Gasteiger partial charge >= 0.3 is 231 Å². The van der Waals surface area contributed by atoms with Gasteiger partial charge in [-0.2, -0.15) is 0 Å². The summed E-state index contributed by atoms with van der Waals surface area (Å²) in [6.45, 7) is 42.7. The Morgan fingerprint density at radius 1 is 0.579 bits per heavy atom. The summed E-state index contributed by atoms with van der Waals surface area (Å²) < 4.78 is 9.05. The van der Waals surface area contributed by atoms with E-state index in [1.54, 1.807) is 30.0 Å². The van der Waals surface area contributed by atoms with Crippen LogP contribution in [0.15, 0.2) is 91.8 Å². The fraction of sp³-hybridized carbons (Fsp3) is 0.500. The summed E-state index contributed by atoms with van der Waals surface area (Å²) in [5.74, 6) is 0. The second kappa shape index (κ2) is 14.8. The number of rotatable bonds is 13. The molecule has 38 heavy (non-hydrogen) atoms. The Bertz CT molecular complexity index is 959. The third-order valence-electron chi connectivity index (χ3n) is 9.07. The molecule has 0 spiro atoms. The molecule has 2 aliphatic rings. The van der Waals surface area contributed by atoms with Gasteiger partial charge in [0, 0.05) is 0 Å². The Hall–Kier alpha value is -0.649. The SMILES string of the molecule is C=CCN(CC=C)[SiH](N(CC=C)CC=C)[Ti+2]([C]1=C(C)C(C)=C(C)C1(C)C)[C]1=C(C)C(C)=C(C)C1(C)C.[Cl-].[Cl-]. The Labute approximate surface area is 254 Å². The molecule has 0 fully saturated rings. The molecule has 2 aliphatic carbocycles. The van der Waals surface area contributed by atoms with Gasteiger partial charge in [0.05, 0.1) is 0 Å². The van der Waals surface area contributed by atoms with Gasteiger partial charge in [-0.05, 0) is 0 Å². The quantitative estimate of drug-likeness (QED) is 0.233. The Balaban J connectivity index is 0.00000684. The average molecular weight is 611 g/mol. The standard InChI is InChI=1S/C12H21N2Si.2C10H15.2ClH.Ti/c1-5-9-13(10-6-2)15-14(11-7-3)12-8-4;2*1-7-6-10(4,5)9(3)8(7)2;;;/h5-8,15H,1-4,9-12H2;2*1-5H3;2*1H;/q;;;;;+2/p-2. The van der Waals surface area contributed by atoms with E-state index in [1.807, 2.05) is 0 Å². The van der Waals surface area contributed by atoms with Crippen molar-refractivity contribution in [1.82, 2.24) is 9.13 Å². The van der Waals surface area contributed by atoms with Crippen LogP contribution in [0, 0.1) is 10.8 Å². The Morgan fingerprint density at radius 3 is 1.03 bits per heavy atom. The molecule has 0 bridgehead atoms. The van der Waals surface area contributed by atoms with E-state index in [2.05, 4.69) is 129 Å². The fourth-order valence-corrected chi connectivity index (χ4v) is 27.1. The molecule has 2 rings (SSSR count). The zero-order valence-electron chi connectivity index (χ0n) is 25.7. The number of hydrogen-bond donors (Lipinski definition) is 0. The Morgan fingerprint density at radius 2 is 0.842 bits per heavy atom. The summed E-state index contributed by atoms with van der Waals surface area (Å²) in [6, 6.07) is 0. The molecule has 6 heteroatoms. The maximum atomic E-state index is 4.17. The van der Waals surface area contributed by atoms with Crippen LogP contribution < -0.4 is 24.8 Å². The van der Waals surface area contributed by atoms with E-state index >= 15 is 0 Å². The average Bonchev–Trinajstić information content (AvgIpc) is 3.05. The number of halogens is 2. The van der Waals surface area contributed by atoms with Crippen LogP contribution in [0.2, 0.25) is 0 Å². The van der Waals surface area contributed by atoms with Crippen molar-refractivity contribution in [2.24, 2.45) is 10.8 Å². The van der Waals surface area contributed by atoms with Crippen molar-refractivity contribution in [2.45, 2.75) is 69.2 Å². The second-order valence-corrected chi connectivity index (χ2v) is 21.5. The van der Waals surface area contributed by atoms with Gasteiger partial charge in [0.25, 0.3) is 0 Å². The monoisotopic (exact) mass is 609 g/mol. The topological polar surface area (TPSA) is 6.48 Å². The first-order valence-corrected chi connectivity index (χ1v) is 19.2.